The third-order valence-electron chi connectivity index (χ3n) is 3.28. The molecule has 2 fully saturated rings. The maximum atomic E-state index is 11.0. The summed E-state index contributed by atoms with van der Waals surface area (Å²) in [7, 11) is 0. The Morgan fingerprint density at radius 3 is 3.00 bits per heavy atom. The van der Waals surface area contributed by atoms with Gasteiger partial charge in [0, 0.05) is 12.6 Å². The summed E-state index contributed by atoms with van der Waals surface area (Å²) < 4.78 is 15.7. The number of nitrogens with one attached hydrogen (secondary N) is 1. The van der Waals surface area contributed by atoms with E-state index in [-0.39, 0.29) is 12.6 Å². The Hall–Kier alpha value is -0.650. The standard InChI is InChI=1S/C12H21NO4/c1-2-16-12(14)8-15-6-5-13-10-7-9-3-4-11(10)17-9/h9-11,13H,2-8H2,1H3. The zero-order valence-corrected chi connectivity index (χ0v) is 10.3. The van der Waals surface area contributed by atoms with Gasteiger partial charge in [0.2, 0.25) is 0 Å². The predicted octanol–water partition coefficient (Wildman–Crippen LogP) is 0.476. The summed E-state index contributed by atoms with van der Waals surface area (Å²) in [6.07, 6.45) is 4.36. The molecule has 3 atom stereocenters. The SMILES string of the molecule is CCOC(=O)COCCNC1CC2CCC1O2. The molecule has 0 aromatic rings. The molecule has 0 radical (unpaired) electrons. The molecule has 0 aliphatic carbocycles. The molecule has 0 amide bonds. The first-order chi connectivity index (χ1) is 8.29. The van der Waals surface area contributed by atoms with Gasteiger partial charge in [-0.2, -0.15) is 0 Å². The fraction of sp³-hybridized carbons (Fsp3) is 0.917. The highest BCUT2D eigenvalue weighted by molar-refractivity contribution is 5.70. The lowest BCUT2D eigenvalue weighted by Crippen LogP contribution is -2.39. The summed E-state index contributed by atoms with van der Waals surface area (Å²) in [5.41, 5.74) is 0. The molecule has 5 nitrogen and oxygen atoms in total. The van der Waals surface area contributed by atoms with Gasteiger partial charge in [-0.05, 0) is 26.2 Å². The number of ether oxygens (including phenoxy) is 3. The summed E-state index contributed by atoms with van der Waals surface area (Å²) in [4.78, 5) is 11.0. The van der Waals surface area contributed by atoms with Crippen molar-refractivity contribution in [2.24, 2.45) is 0 Å². The minimum absolute atomic E-state index is 0.0444. The van der Waals surface area contributed by atoms with Gasteiger partial charge < -0.3 is 19.5 Å². The zero-order valence-electron chi connectivity index (χ0n) is 10.3. The van der Waals surface area contributed by atoms with E-state index in [1.165, 1.54) is 12.8 Å². The van der Waals surface area contributed by atoms with Crippen LogP contribution in [0.15, 0.2) is 0 Å². The number of hydrogen-bond donors (Lipinski definition) is 1. The van der Waals surface area contributed by atoms with Crippen molar-refractivity contribution in [2.45, 2.75) is 44.4 Å². The highest BCUT2D eigenvalue weighted by Gasteiger charge is 2.40. The molecular formula is C12H21NO4. The largest absolute Gasteiger partial charge is 0.464 e. The summed E-state index contributed by atoms with van der Waals surface area (Å²) in [6.45, 7) is 3.53. The molecular weight excluding hydrogens is 222 g/mol. The average molecular weight is 243 g/mol. The summed E-state index contributed by atoms with van der Waals surface area (Å²) >= 11 is 0. The van der Waals surface area contributed by atoms with Crippen molar-refractivity contribution in [1.29, 1.82) is 0 Å². The maximum absolute atomic E-state index is 11.0. The van der Waals surface area contributed by atoms with Crippen molar-refractivity contribution in [3.05, 3.63) is 0 Å². The highest BCUT2D eigenvalue weighted by atomic mass is 16.6. The average Bonchev–Trinajstić information content (AvgIpc) is 2.91. The summed E-state index contributed by atoms with van der Waals surface area (Å²) in [6, 6.07) is 0.472. The second kappa shape index (κ2) is 6.33. The van der Waals surface area contributed by atoms with Crippen LogP contribution in [0.5, 0.6) is 0 Å². The van der Waals surface area contributed by atoms with Crippen molar-refractivity contribution in [2.75, 3.05) is 26.4 Å². The van der Waals surface area contributed by atoms with Crippen LogP contribution in [0.3, 0.4) is 0 Å². The molecule has 0 saturated carbocycles. The van der Waals surface area contributed by atoms with Crippen LogP contribution in [0.2, 0.25) is 0 Å². The normalized spacial score (nSPS) is 30.8. The molecule has 2 heterocycles. The van der Waals surface area contributed by atoms with E-state index < -0.39 is 0 Å². The van der Waals surface area contributed by atoms with Crippen LogP contribution >= 0.6 is 0 Å². The summed E-state index contributed by atoms with van der Waals surface area (Å²) in [5, 5.41) is 3.42. The third-order valence-corrected chi connectivity index (χ3v) is 3.28. The predicted molar refractivity (Wildman–Crippen MR) is 61.8 cm³/mol. The number of rotatable bonds is 7. The lowest BCUT2D eigenvalue weighted by atomic mass is 9.96. The number of hydrogen-bond acceptors (Lipinski definition) is 5. The van der Waals surface area contributed by atoms with Gasteiger partial charge in [-0.1, -0.05) is 0 Å². The fourth-order valence-corrected chi connectivity index (χ4v) is 2.53. The van der Waals surface area contributed by atoms with Crippen LogP contribution in [0.1, 0.15) is 26.2 Å². The molecule has 2 saturated heterocycles. The van der Waals surface area contributed by atoms with Crippen molar-refractivity contribution >= 4 is 5.97 Å². The van der Waals surface area contributed by atoms with Crippen LogP contribution in [0.25, 0.3) is 0 Å². The van der Waals surface area contributed by atoms with Crippen LogP contribution < -0.4 is 5.32 Å². The van der Waals surface area contributed by atoms with Crippen LogP contribution in [-0.4, -0.2) is 50.6 Å². The first-order valence-electron chi connectivity index (χ1n) is 6.41. The number of carbonyl (C=O) groups excluding carboxylic acids is 1. The lowest BCUT2D eigenvalue weighted by molar-refractivity contribution is -0.148. The van der Waals surface area contributed by atoms with E-state index in [0.29, 0.717) is 31.5 Å². The first-order valence-corrected chi connectivity index (χ1v) is 6.41. The van der Waals surface area contributed by atoms with E-state index in [9.17, 15) is 4.79 Å². The fourth-order valence-electron chi connectivity index (χ4n) is 2.53. The Balaban J connectivity index is 1.48. The van der Waals surface area contributed by atoms with E-state index in [1.54, 1.807) is 6.92 Å². The topological polar surface area (TPSA) is 56.8 Å². The third kappa shape index (κ3) is 3.66. The Morgan fingerprint density at radius 1 is 1.47 bits per heavy atom. The Morgan fingerprint density at radius 2 is 2.35 bits per heavy atom. The maximum Gasteiger partial charge on any atom is 0.332 e. The molecule has 0 aromatic carbocycles. The zero-order chi connectivity index (χ0) is 12.1. The molecule has 5 heteroatoms. The first kappa shape index (κ1) is 12.8. The Bertz CT molecular complexity index is 259. The van der Waals surface area contributed by atoms with Gasteiger partial charge in [-0.3, -0.25) is 0 Å². The minimum atomic E-state index is -0.296. The van der Waals surface area contributed by atoms with Gasteiger partial charge in [0.15, 0.2) is 0 Å². The van der Waals surface area contributed by atoms with Crippen LogP contribution in [0.4, 0.5) is 0 Å². The van der Waals surface area contributed by atoms with E-state index in [2.05, 4.69) is 5.32 Å². The number of fused-ring (bicyclic) bond motifs is 2. The highest BCUT2D eigenvalue weighted by Crippen LogP contribution is 2.34. The van der Waals surface area contributed by atoms with Crippen molar-refractivity contribution in [1.82, 2.24) is 5.32 Å². The van der Waals surface area contributed by atoms with E-state index in [0.717, 1.165) is 13.0 Å². The van der Waals surface area contributed by atoms with Crippen molar-refractivity contribution in [3.63, 3.8) is 0 Å². The van der Waals surface area contributed by atoms with Crippen molar-refractivity contribution in [3.8, 4) is 0 Å². The Kier molecular flexibility index (Phi) is 4.76. The van der Waals surface area contributed by atoms with Crippen LogP contribution in [-0.2, 0) is 19.0 Å². The van der Waals surface area contributed by atoms with E-state index in [4.69, 9.17) is 14.2 Å². The molecule has 2 aliphatic heterocycles. The second-order valence-corrected chi connectivity index (χ2v) is 4.53. The molecule has 1 N–H and O–H groups in total. The monoisotopic (exact) mass is 243 g/mol. The molecule has 2 bridgehead atoms. The van der Waals surface area contributed by atoms with Crippen molar-refractivity contribution < 1.29 is 19.0 Å². The molecule has 2 aliphatic rings. The number of carbonyl (C=O) groups is 1. The molecule has 0 aromatic heterocycles. The molecule has 3 unspecified atom stereocenters. The smallest absolute Gasteiger partial charge is 0.332 e. The quantitative estimate of drug-likeness (QED) is 0.520. The molecule has 17 heavy (non-hydrogen) atoms. The van der Waals surface area contributed by atoms with Gasteiger partial charge >= 0.3 is 5.97 Å². The Labute approximate surface area is 102 Å². The van der Waals surface area contributed by atoms with E-state index >= 15 is 0 Å². The number of esters is 1. The van der Waals surface area contributed by atoms with Gasteiger partial charge in [-0.25, -0.2) is 4.79 Å². The van der Waals surface area contributed by atoms with Gasteiger partial charge in [-0.15, -0.1) is 0 Å². The lowest BCUT2D eigenvalue weighted by Gasteiger charge is -2.19. The van der Waals surface area contributed by atoms with Crippen LogP contribution in [0, 0.1) is 0 Å². The molecule has 0 spiro atoms. The van der Waals surface area contributed by atoms with Gasteiger partial charge in [0.1, 0.15) is 6.61 Å². The summed E-state index contributed by atoms with van der Waals surface area (Å²) in [5.74, 6) is -0.296. The molecule has 2 rings (SSSR count). The second-order valence-electron chi connectivity index (χ2n) is 4.53. The van der Waals surface area contributed by atoms with E-state index in [1.807, 2.05) is 0 Å². The molecule has 98 valence electrons. The van der Waals surface area contributed by atoms with Gasteiger partial charge in [0.25, 0.3) is 0 Å². The minimum Gasteiger partial charge on any atom is -0.464 e. The van der Waals surface area contributed by atoms with Gasteiger partial charge in [0.05, 0.1) is 25.4 Å².